The maximum absolute atomic E-state index is 5.94. The van der Waals surface area contributed by atoms with Crippen molar-refractivity contribution in [3.63, 3.8) is 0 Å². The monoisotopic (exact) mass is 458 g/mol. The van der Waals surface area contributed by atoms with Crippen LogP contribution in [0, 0.1) is 27.7 Å². The molecule has 0 amide bonds. The molecule has 0 radical (unpaired) electrons. The van der Waals surface area contributed by atoms with E-state index in [1.807, 2.05) is 12.3 Å². The molecule has 2 unspecified atom stereocenters. The van der Waals surface area contributed by atoms with Crippen LogP contribution < -0.4 is 10.2 Å². The van der Waals surface area contributed by atoms with E-state index in [4.69, 9.17) is 17.2 Å². The molecule has 172 valence electrons. The Balaban J connectivity index is 1.64. The lowest BCUT2D eigenvalue weighted by Crippen LogP contribution is -2.29. The molecule has 2 aliphatic rings. The Morgan fingerprint density at radius 3 is 2.42 bits per heavy atom. The van der Waals surface area contributed by atoms with E-state index in [0.717, 1.165) is 16.5 Å². The van der Waals surface area contributed by atoms with Crippen LogP contribution in [-0.2, 0) is 0 Å². The molecule has 4 nitrogen and oxygen atoms in total. The van der Waals surface area contributed by atoms with E-state index in [0.29, 0.717) is 6.04 Å². The fraction of sp³-hybridized carbons (Fsp3) is 0.429. The van der Waals surface area contributed by atoms with Crippen LogP contribution in [0.4, 0.5) is 5.69 Å². The van der Waals surface area contributed by atoms with Crippen molar-refractivity contribution in [2.75, 3.05) is 4.90 Å². The molecule has 1 N–H and O–H groups in total. The van der Waals surface area contributed by atoms with Gasteiger partial charge in [-0.15, -0.1) is 0 Å². The zero-order chi connectivity index (χ0) is 23.1. The molecule has 1 saturated carbocycles. The van der Waals surface area contributed by atoms with Gasteiger partial charge in [-0.1, -0.05) is 31.4 Å². The average molecular weight is 459 g/mol. The Kier molecular flexibility index (Phi) is 6.00. The minimum absolute atomic E-state index is 0.000569. The van der Waals surface area contributed by atoms with Gasteiger partial charge in [0.1, 0.15) is 0 Å². The van der Waals surface area contributed by atoms with Gasteiger partial charge in [-0.05, 0) is 99.8 Å². The standard InChI is InChI=1S/C28H34N4S/c1-18-13-14-23(16-19(18)2)32-27(26(30-28(32)33)25-12-8-9-15-29-25)24-17-20(3)31(21(24)4)22-10-6-5-7-11-22/h8-9,12-17,22,26-27H,5-7,10-11H2,1-4H3,(H,30,33). The summed E-state index contributed by atoms with van der Waals surface area (Å²) in [5.74, 6) is 0. The molecule has 1 aliphatic carbocycles. The van der Waals surface area contributed by atoms with Gasteiger partial charge in [-0.3, -0.25) is 4.98 Å². The summed E-state index contributed by atoms with van der Waals surface area (Å²) in [4.78, 5) is 7.04. The second kappa shape index (κ2) is 8.94. The third-order valence-electron chi connectivity index (χ3n) is 7.65. The van der Waals surface area contributed by atoms with E-state index in [9.17, 15) is 0 Å². The Morgan fingerprint density at radius 2 is 1.73 bits per heavy atom. The number of hydrogen-bond acceptors (Lipinski definition) is 2. The van der Waals surface area contributed by atoms with E-state index >= 15 is 0 Å². The van der Waals surface area contributed by atoms with Crippen LogP contribution in [0.5, 0.6) is 0 Å². The fourth-order valence-corrected chi connectivity index (χ4v) is 6.17. The molecule has 1 aromatic carbocycles. The summed E-state index contributed by atoms with van der Waals surface area (Å²) in [6.45, 7) is 8.89. The van der Waals surface area contributed by atoms with E-state index in [1.54, 1.807) is 0 Å². The van der Waals surface area contributed by atoms with Crippen molar-refractivity contribution in [1.29, 1.82) is 0 Å². The van der Waals surface area contributed by atoms with Crippen molar-refractivity contribution >= 4 is 23.0 Å². The number of thiocarbonyl (C=S) groups is 1. The predicted molar refractivity (Wildman–Crippen MR) is 140 cm³/mol. The third-order valence-corrected chi connectivity index (χ3v) is 7.96. The zero-order valence-electron chi connectivity index (χ0n) is 20.1. The highest BCUT2D eigenvalue weighted by Gasteiger charge is 2.42. The van der Waals surface area contributed by atoms with Gasteiger partial charge < -0.3 is 14.8 Å². The van der Waals surface area contributed by atoms with E-state index in [2.05, 4.69) is 78.9 Å². The molecule has 1 saturated heterocycles. The highest BCUT2D eigenvalue weighted by Crippen LogP contribution is 2.44. The van der Waals surface area contributed by atoms with Crippen LogP contribution in [0.15, 0.2) is 48.7 Å². The van der Waals surface area contributed by atoms with Crippen LogP contribution in [0.25, 0.3) is 0 Å². The first kappa shape index (κ1) is 22.1. The topological polar surface area (TPSA) is 33.1 Å². The van der Waals surface area contributed by atoms with E-state index in [-0.39, 0.29) is 12.1 Å². The van der Waals surface area contributed by atoms with Crippen molar-refractivity contribution in [1.82, 2.24) is 14.9 Å². The lowest BCUT2D eigenvalue weighted by atomic mass is 9.94. The van der Waals surface area contributed by atoms with E-state index < -0.39 is 0 Å². The number of pyridine rings is 1. The van der Waals surface area contributed by atoms with Crippen molar-refractivity contribution in [2.24, 2.45) is 0 Å². The molecule has 0 spiro atoms. The summed E-state index contributed by atoms with van der Waals surface area (Å²) < 4.78 is 2.60. The summed E-state index contributed by atoms with van der Waals surface area (Å²) in [5, 5.41) is 4.39. The van der Waals surface area contributed by atoms with Crippen LogP contribution in [0.3, 0.4) is 0 Å². The second-order valence-corrected chi connectivity index (χ2v) is 10.1. The summed E-state index contributed by atoms with van der Waals surface area (Å²) in [7, 11) is 0. The molecule has 2 aromatic heterocycles. The Morgan fingerprint density at radius 1 is 0.939 bits per heavy atom. The highest BCUT2D eigenvalue weighted by atomic mass is 32.1. The summed E-state index contributed by atoms with van der Waals surface area (Å²) in [5.41, 5.74) is 8.81. The molecule has 1 aliphatic heterocycles. The zero-order valence-corrected chi connectivity index (χ0v) is 21.0. The predicted octanol–water partition coefficient (Wildman–Crippen LogP) is 6.80. The minimum Gasteiger partial charge on any atom is -0.351 e. The number of anilines is 1. The number of aryl methyl sites for hydroxylation is 3. The molecule has 3 heterocycles. The highest BCUT2D eigenvalue weighted by molar-refractivity contribution is 7.80. The van der Waals surface area contributed by atoms with Gasteiger partial charge in [-0.25, -0.2) is 0 Å². The van der Waals surface area contributed by atoms with Gasteiger partial charge in [0.2, 0.25) is 0 Å². The fourth-order valence-electron chi connectivity index (χ4n) is 5.83. The first-order valence-electron chi connectivity index (χ1n) is 12.2. The Hall–Kier alpha value is -2.66. The van der Waals surface area contributed by atoms with Crippen molar-refractivity contribution in [2.45, 2.75) is 77.9 Å². The summed E-state index contributed by atoms with van der Waals surface area (Å²) in [6, 6.07) is 15.9. The molecule has 2 atom stereocenters. The maximum atomic E-state index is 5.94. The van der Waals surface area contributed by atoms with Gasteiger partial charge in [-0.2, -0.15) is 0 Å². The Labute approximate surface area is 203 Å². The van der Waals surface area contributed by atoms with Gasteiger partial charge in [0.15, 0.2) is 5.11 Å². The molecule has 5 rings (SSSR count). The van der Waals surface area contributed by atoms with Gasteiger partial charge in [0, 0.05) is 29.3 Å². The van der Waals surface area contributed by atoms with Crippen molar-refractivity contribution in [3.8, 4) is 0 Å². The van der Waals surface area contributed by atoms with Gasteiger partial charge >= 0.3 is 0 Å². The minimum atomic E-state index is 0.000569. The maximum Gasteiger partial charge on any atom is 0.174 e. The normalized spacial score (nSPS) is 21.5. The summed E-state index contributed by atoms with van der Waals surface area (Å²) >= 11 is 5.94. The number of aromatic nitrogens is 2. The van der Waals surface area contributed by atoms with Crippen LogP contribution in [0.1, 0.15) is 84.0 Å². The van der Waals surface area contributed by atoms with E-state index in [1.165, 1.54) is 60.2 Å². The number of benzene rings is 1. The first-order chi connectivity index (χ1) is 16.0. The number of rotatable bonds is 4. The van der Waals surface area contributed by atoms with Crippen LogP contribution in [-0.4, -0.2) is 14.7 Å². The quantitative estimate of drug-likeness (QED) is 0.436. The molecule has 5 heteroatoms. The SMILES string of the molecule is Cc1ccc(N2C(=S)NC(c3ccccn3)C2c2cc(C)n(C3CCCCC3)c2C)cc1C. The van der Waals surface area contributed by atoms with Crippen LogP contribution in [0.2, 0.25) is 0 Å². The average Bonchev–Trinajstić information content (AvgIpc) is 3.32. The van der Waals surface area contributed by atoms with Crippen molar-refractivity contribution < 1.29 is 0 Å². The van der Waals surface area contributed by atoms with Gasteiger partial charge in [0.05, 0.1) is 17.8 Å². The largest absolute Gasteiger partial charge is 0.351 e. The van der Waals surface area contributed by atoms with Gasteiger partial charge in [0.25, 0.3) is 0 Å². The molecule has 2 fully saturated rings. The Bertz CT molecular complexity index is 1160. The second-order valence-electron chi connectivity index (χ2n) is 9.75. The lowest BCUT2D eigenvalue weighted by molar-refractivity contribution is 0.345. The molecule has 33 heavy (non-hydrogen) atoms. The number of hydrogen-bond donors (Lipinski definition) is 1. The number of nitrogens with zero attached hydrogens (tertiary/aromatic N) is 3. The third kappa shape index (κ3) is 3.97. The molecular formula is C28H34N4S. The first-order valence-corrected chi connectivity index (χ1v) is 12.6. The summed E-state index contributed by atoms with van der Waals surface area (Å²) in [6.07, 6.45) is 8.46. The smallest absolute Gasteiger partial charge is 0.174 e. The molecular weight excluding hydrogens is 424 g/mol. The molecule has 3 aromatic rings. The van der Waals surface area contributed by atoms with Crippen molar-refractivity contribution in [3.05, 3.63) is 82.4 Å². The van der Waals surface area contributed by atoms with Crippen LogP contribution >= 0.6 is 12.2 Å². The lowest BCUT2D eigenvalue weighted by Gasteiger charge is -2.30. The number of nitrogens with one attached hydrogen (secondary N) is 1. The molecule has 0 bridgehead atoms.